The number of nitrogens with two attached hydrogens (primary N) is 1. The lowest BCUT2D eigenvalue weighted by molar-refractivity contribution is -0.124. The zero-order valence-corrected chi connectivity index (χ0v) is 15.4. The Morgan fingerprint density at radius 3 is 2.64 bits per heavy atom. The van der Waals surface area contributed by atoms with E-state index in [1.54, 1.807) is 0 Å². The lowest BCUT2D eigenvalue weighted by Gasteiger charge is -2.26. The summed E-state index contributed by atoms with van der Waals surface area (Å²) in [5.41, 5.74) is 7.11. The van der Waals surface area contributed by atoms with Gasteiger partial charge in [0.15, 0.2) is 0 Å². The first-order valence-corrected chi connectivity index (χ1v) is 9.04. The van der Waals surface area contributed by atoms with E-state index >= 15 is 0 Å². The minimum Gasteiger partial charge on any atom is -0.494 e. The predicted molar refractivity (Wildman–Crippen MR) is 98.5 cm³/mol. The molecular formula is C19H31N3O3. The van der Waals surface area contributed by atoms with Crippen LogP contribution in [-0.2, 0) is 16.1 Å². The van der Waals surface area contributed by atoms with Crippen LogP contribution in [0.4, 0.5) is 0 Å². The predicted octanol–water partition coefficient (Wildman–Crippen LogP) is 1.39. The molecule has 25 heavy (non-hydrogen) atoms. The number of nitrogens with zero attached hydrogens (tertiary/aromatic N) is 1. The summed E-state index contributed by atoms with van der Waals surface area (Å²) in [5.74, 6) is 0.982. The van der Waals surface area contributed by atoms with Crippen molar-refractivity contribution in [1.82, 2.24) is 10.2 Å². The van der Waals surface area contributed by atoms with Gasteiger partial charge in [0.2, 0.25) is 5.91 Å². The van der Waals surface area contributed by atoms with Crippen molar-refractivity contribution in [1.29, 1.82) is 0 Å². The van der Waals surface area contributed by atoms with Gasteiger partial charge in [0.25, 0.3) is 0 Å². The van der Waals surface area contributed by atoms with Gasteiger partial charge in [-0.15, -0.1) is 0 Å². The first kappa shape index (κ1) is 19.7. The van der Waals surface area contributed by atoms with Crippen molar-refractivity contribution < 1.29 is 14.3 Å². The van der Waals surface area contributed by atoms with E-state index in [1.807, 2.05) is 24.3 Å². The fourth-order valence-corrected chi connectivity index (χ4v) is 2.87. The summed E-state index contributed by atoms with van der Waals surface area (Å²) in [6.45, 7) is 3.59. The highest BCUT2D eigenvalue weighted by Crippen LogP contribution is 2.18. The van der Waals surface area contributed by atoms with E-state index in [9.17, 15) is 4.79 Å². The van der Waals surface area contributed by atoms with Crippen LogP contribution >= 0.6 is 0 Å². The zero-order chi connectivity index (χ0) is 18.1. The average molecular weight is 349 g/mol. The van der Waals surface area contributed by atoms with Crippen LogP contribution in [0.25, 0.3) is 0 Å². The lowest BCUT2D eigenvalue weighted by atomic mass is 9.92. The number of hydrogen-bond donors (Lipinski definition) is 2. The molecule has 3 N–H and O–H groups in total. The molecule has 1 heterocycles. The molecule has 0 aliphatic carbocycles. The molecule has 2 rings (SSSR count). The molecule has 1 aromatic rings. The minimum atomic E-state index is -0.455. The standard InChI is InChI=1S/C19H31N3O3/c1-22(2)10-3-11-25-17-6-4-15(5-7-17)14-21-19(23)18(20)16-8-12-24-13-9-16/h4-7,16,18H,3,8-14,20H2,1-2H3,(H,21,23). The van der Waals surface area contributed by atoms with Crippen LogP contribution in [0, 0.1) is 5.92 Å². The Bertz CT molecular complexity index is 513. The highest BCUT2D eigenvalue weighted by atomic mass is 16.5. The molecule has 1 aromatic carbocycles. The van der Waals surface area contributed by atoms with Crippen LogP contribution in [0.3, 0.4) is 0 Å². The lowest BCUT2D eigenvalue weighted by Crippen LogP contribution is -2.46. The Hall–Kier alpha value is -1.63. The number of ether oxygens (including phenoxy) is 2. The van der Waals surface area contributed by atoms with Gasteiger partial charge in [0.05, 0.1) is 12.6 Å². The molecule has 0 saturated carbocycles. The van der Waals surface area contributed by atoms with Crippen molar-refractivity contribution >= 4 is 5.91 Å². The molecule has 6 heteroatoms. The third-order valence-corrected chi connectivity index (χ3v) is 4.49. The van der Waals surface area contributed by atoms with E-state index in [2.05, 4.69) is 24.3 Å². The number of rotatable bonds is 9. The molecule has 1 amide bonds. The van der Waals surface area contributed by atoms with Gasteiger partial charge in [-0.25, -0.2) is 0 Å². The fourth-order valence-electron chi connectivity index (χ4n) is 2.87. The Morgan fingerprint density at radius 2 is 2.00 bits per heavy atom. The summed E-state index contributed by atoms with van der Waals surface area (Å²) in [6, 6.07) is 7.37. The van der Waals surface area contributed by atoms with Crippen molar-refractivity contribution in [2.24, 2.45) is 11.7 Å². The van der Waals surface area contributed by atoms with Gasteiger partial charge < -0.3 is 25.4 Å². The van der Waals surface area contributed by atoms with Crippen LogP contribution in [0.15, 0.2) is 24.3 Å². The molecule has 1 saturated heterocycles. The van der Waals surface area contributed by atoms with Gasteiger partial charge in [-0.3, -0.25) is 4.79 Å². The number of carbonyl (C=O) groups is 1. The molecule has 1 fully saturated rings. The molecule has 0 spiro atoms. The van der Waals surface area contributed by atoms with Crippen LogP contribution in [-0.4, -0.2) is 57.3 Å². The van der Waals surface area contributed by atoms with E-state index in [1.165, 1.54) is 0 Å². The summed E-state index contributed by atoms with van der Waals surface area (Å²) in [4.78, 5) is 14.3. The molecule has 1 aliphatic rings. The Balaban J connectivity index is 1.70. The maximum atomic E-state index is 12.2. The highest BCUT2D eigenvalue weighted by molar-refractivity contribution is 5.81. The highest BCUT2D eigenvalue weighted by Gasteiger charge is 2.26. The quantitative estimate of drug-likeness (QED) is 0.659. The summed E-state index contributed by atoms with van der Waals surface area (Å²) >= 11 is 0. The van der Waals surface area contributed by atoms with Crippen LogP contribution in [0.5, 0.6) is 5.75 Å². The second-order valence-corrected chi connectivity index (χ2v) is 6.84. The van der Waals surface area contributed by atoms with E-state index in [4.69, 9.17) is 15.2 Å². The first-order chi connectivity index (χ1) is 12.1. The van der Waals surface area contributed by atoms with Gasteiger partial charge in [-0.05, 0) is 57.0 Å². The maximum absolute atomic E-state index is 12.2. The maximum Gasteiger partial charge on any atom is 0.237 e. The first-order valence-electron chi connectivity index (χ1n) is 9.04. The second-order valence-electron chi connectivity index (χ2n) is 6.84. The fraction of sp³-hybridized carbons (Fsp3) is 0.632. The SMILES string of the molecule is CN(C)CCCOc1ccc(CNC(=O)C(N)C2CCOCC2)cc1. The minimum absolute atomic E-state index is 0.0871. The average Bonchev–Trinajstić information content (AvgIpc) is 2.64. The van der Waals surface area contributed by atoms with E-state index in [0.29, 0.717) is 26.4 Å². The summed E-state index contributed by atoms with van der Waals surface area (Å²) in [6.07, 6.45) is 2.71. The van der Waals surface area contributed by atoms with Crippen molar-refractivity contribution in [3.05, 3.63) is 29.8 Å². The Kier molecular flexibility index (Phi) is 8.18. The van der Waals surface area contributed by atoms with Gasteiger partial charge in [-0.1, -0.05) is 12.1 Å². The normalized spacial score (nSPS) is 16.6. The molecular weight excluding hydrogens is 318 g/mol. The number of carbonyl (C=O) groups excluding carboxylic acids is 1. The topological polar surface area (TPSA) is 76.8 Å². The monoisotopic (exact) mass is 349 g/mol. The molecule has 140 valence electrons. The molecule has 0 aromatic heterocycles. The molecule has 0 radical (unpaired) electrons. The summed E-state index contributed by atoms with van der Waals surface area (Å²) < 4.78 is 11.0. The van der Waals surface area contributed by atoms with Crippen molar-refractivity contribution in [3.63, 3.8) is 0 Å². The van der Waals surface area contributed by atoms with Gasteiger partial charge in [-0.2, -0.15) is 0 Å². The summed E-state index contributed by atoms with van der Waals surface area (Å²) in [5, 5.41) is 2.93. The van der Waals surface area contributed by atoms with Gasteiger partial charge in [0.1, 0.15) is 5.75 Å². The third kappa shape index (κ3) is 7.02. The number of hydrogen-bond acceptors (Lipinski definition) is 5. The van der Waals surface area contributed by atoms with Crippen LogP contribution in [0.2, 0.25) is 0 Å². The Labute approximate surface area is 150 Å². The van der Waals surface area contributed by atoms with Crippen molar-refractivity contribution in [3.8, 4) is 5.75 Å². The van der Waals surface area contributed by atoms with E-state index in [-0.39, 0.29) is 11.8 Å². The summed E-state index contributed by atoms with van der Waals surface area (Å²) in [7, 11) is 4.11. The number of nitrogens with one attached hydrogen (secondary N) is 1. The van der Waals surface area contributed by atoms with E-state index in [0.717, 1.165) is 37.1 Å². The third-order valence-electron chi connectivity index (χ3n) is 4.49. The smallest absolute Gasteiger partial charge is 0.237 e. The molecule has 1 atom stereocenters. The van der Waals surface area contributed by atoms with Gasteiger partial charge in [0, 0.05) is 26.3 Å². The van der Waals surface area contributed by atoms with Gasteiger partial charge >= 0.3 is 0 Å². The van der Waals surface area contributed by atoms with Crippen LogP contribution in [0.1, 0.15) is 24.8 Å². The second kappa shape index (κ2) is 10.4. The molecule has 6 nitrogen and oxygen atoms in total. The van der Waals surface area contributed by atoms with Crippen LogP contribution < -0.4 is 15.8 Å². The Morgan fingerprint density at radius 1 is 1.32 bits per heavy atom. The molecule has 0 bridgehead atoms. The van der Waals surface area contributed by atoms with Crippen molar-refractivity contribution in [2.45, 2.75) is 31.8 Å². The molecule has 1 unspecified atom stereocenters. The number of amides is 1. The largest absolute Gasteiger partial charge is 0.494 e. The number of benzene rings is 1. The zero-order valence-electron chi connectivity index (χ0n) is 15.4. The van der Waals surface area contributed by atoms with Crippen molar-refractivity contribution in [2.75, 3.05) is 40.5 Å². The van der Waals surface area contributed by atoms with E-state index < -0.39 is 6.04 Å². The molecule has 1 aliphatic heterocycles.